The molecule has 0 aliphatic heterocycles. The predicted molar refractivity (Wildman–Crippen MR) is 129 cm³/mol. The maximum atomic E-state index is 11.6. The Morgan fingerprint density at radius 2 is 0.923 bits per heavy atom. The van der Waals surface area contributed by atoms with Gasteiger partial charge in [-0.05, 0) is 41.5 Å². The Hall–Kier alpha value is -0.472. The van der Waals surface area contributed by atoms with Crippen molar-refractivity contribution in [1.29, 1.82) is 0 Å². The van der Waals surface area contributed by atoms with Gasteiger partial charge >= 0.3 is 24.2 Å². The van der Waals surface area contributed by atoms with E-state index in [1.807, 2.05) is 0 Å². The molecule has 0 rings (SSSR count). The second kappa shape index (κ2) is 26.4. The van der Waals surface area contributed by atoms with Crippen molar-refractivity contribution in [3.05, 3.63) is 0 Å². The van der Waals surface area contributed by atoms with Gasteiger partial charge in [0, 0.05) is 65.4 Å². The number of hydrogen-bond acceptors (Lipinski definition) is 14. The van der Waals surface area contributed by atoms with E-state index in [-0.39, 0.29) is 112 Å². The molecule has 39 heavy (non-hydrogen) atoms. The van der Waals surface area contributed by atoms with Crippen LogP contribution >= 0.6 is 0 Å². The average Bonchev–Trinajstić information content (AvgIpc) is 2.82. The summed E-state index contributed by atoms with van der Waals surface area (Å²) in [5.41, 5.74) is -2.37. The summed E-state index contributed by atoms with van der Waals surface area (Å²) >= 11 is 0. The van der Waals surface area contributed by atoms with Crippen molar-refractivity contribution in [3.63, 3.8) is 0 Å². The molecule has 0 bridgehead atoms. The first-order chi connectivity index (χ1) is 16.7. The second-order valence-electron chi connectivity index (χ2n) is 8.13. The first-order valence-corrected chi connectivity index (χ1v) is 11.0. The van der Waals surface area contributed by atoms with Crippen LogP contribution in [0.2, 0.25) is 0 Å². The topological polar surface area (TPSA) is 183 Å². The molecule has 0 amide bonds. The molecular weight excluding hydrogens is 678 g/mol. The van der Waals surface area contributed by atoms with Gasteiger partial charge in [0.2, 0.25) is 0 Å². The van der Waals surface area contributed by atoms with Crippen molar-refractivity contribution < 1.29 is 133 Å². The Bertz CT molecular complexity index is 617. The number of carbonyl (C=O) groups excluding carboxylic acids is 4. The molecule has 14 nitrogen and oxygen atoms in total. The van der Waals surface area contributed by atoms with Gasteiger partial charge in [-0.25, -0.2) is 19.2 Å². The van der Waals surface area contributed by atoms with Crippen LogP contribution in [0.4, 0.5) is 9.59 Å². The van der Waals surface area contributed by atoms with E-state index in [0.717, 1.165) is 0 Å². The number of hydrogen-bond donors (Lipinski definition) is 2. The first kappa shape index (κ1) is 48.3. The van der Waals surface area contributed by atoms with E-state index in [0.29, 0.717) is 0 Å². The Labute approximate surface area is 281 Å². The summed E-state index contributed by atoms with van der Waals surface area (Å²) in [5.74, 6) is -1.19. The van der Waals surface area contributed by atoms with E-state index in [1.54, 1.807) is 13.8 Å². The molecule has 0 saturated carbocycles. The van der Waals surface area contributed by atoms with Crippen LogP contribution in [0.5, 0.6) is 0 Å². The molecule has 226 valence electrons. The number of aliphatic hydroxyl groups excluding tert-OH is 2. The fraction of sp³-hybridized carbons (Fsp3) is 0.826. The van der Waals surface area contributed by atoms with Crippen molar-refractivity contribution in [2.75, 3.05) is 53.9 Å². The number of aliphatic hydroxyl groups is 2. The minimum Gasteiger partial charge on any atom is -0.461 e. The summed E-state index contributed by atoms with van der Waals surface area (Å²) in [6, 6.07) is 0. The first-order valence-electron chi connectivity index (χ1n) is 11.0. The Morgan fingerprint density at radius 3 is 1.15 bits per heavy atom. The predicted octanol–water partition coefficient (Wildman–Crippen LogP) is 1.61. The van der Waals surface area contributed by atoms with Crippen LogP contribution in [-0.2, 0) is 113 Å². The Morgan fingerprint density at radius 1 is 0.641 bits per heavy atom. The van der Waals surface area contributed by atoms with E-state index in [4.69, 9.17) is 29.2 Å². The number of ether oxygens (including phenoxy) is 8. The molecule has 2 unspecified atom stereocenters. The van der Waals surface area contributed by atoms with Gasteiger partial charge in [-0.15, -0.1) is 0 Å². The summed E-state index contributed by atoms with van der Waals surface area (Å²) in [4.78, 5) is 44.6. The molecule has 0 fully saturated rings. The third kappa shape index (κ3) is 25.0. The zero-order chi connectivity index (χ0) is 28.4. The largest absolute Gasteiger partial charge is 0.508 e. The molecule has 0 aromatic heterocycles. The van der Waals surface area contributed by atoms with Crippen LogP contribution in [0.1, 0.15) is 49.0 Å². The van der Waals surface area contributed by atoms with E-state index < -0.39 is 47.7 Å². The summed E-state index contributed by atoms with van der Waals surface area (Å²) in [6.45, 7) is 8.66. The maximum absolute atomic E-state index is 11.6. The third-order valence-corrected chi connectivity index (χ3v) is 3.83. The SMILES string of the molecule is C.COC(=O)OCC(C)OC(C)(C)C(=O)OCCO.COC(=O)OCC(C)OC(C)(C)C(=O)OCCO.[Y].[Y]. The van der Waals surface area contributed by atoms with Crippen LogP contribution in [-0.4, -0.2) is 112 Å². The molecule has 0 aromatic rings. The van der Waals surface area contributed by atoms with E-state index >= 15 is 0 Å². The van der Waals surface area contributed by atoms with Crippen molar-refractivity contribution in [2.45, 2.75) is 72.4 Å². The zero-order valence-electron chi connectivity index (χ0n) is 23.3. The van der Waals surface area contributed by atoms with E-state index in [9.17, 15) is 19.2 Å². The smallest absolute Gasteiger partial charge is 0.461 e. The monoisotopic (exact) mass is 722 g/mol. The van der Waals surface area contributed by atoms with E-state index in [2.05, 4.69) is 18.9 Å². The standard InChI is InChI=1S/2C11H20O7.CH4.2Y/c2*1-8(7-17-10(14)15-4)18-11(2,3)9(13)16-6-5-12;;;/h2*8,12H,5-7H2,1-4H3;1H4;;. The fourth-order valence-corrected chi connectivity index (χ4v) is 2.28. The Balaban J connectivity index is -0.000000183. The number of esters is 2. The summed E-state index contributed by atoms with van der Waals surface area (Å²) in [6.07, 6.45) is -2.63. The second-order valence-corrected chi connectivity index (χ2v) is 8.13. The molecular formula is C23H44O14Y2. The Kier molecular flexibility index (Phi) is 32.7. The van der Waals surface area contributed by atoms with Gasteiger partial charge in [-0.1, -0.05) is 7.43 Å². The molecule has 0 spiro atoms. The molecule has 0 aliphatic carbocycles. The van der Waals surface area contributed by atoms with Crippen molar-refractivity contribution in [2.24, 2.45) is 0 Å². The third-order valence-electron chi connectivity index (χ3n) is 3.83. The molecule has 0 saturated heterocycles. The molecule has 2 atom stereocenters. The average molecular weight is 722 g/mol. The van der Waals surface area contributed by atoms with Gasteiger partial charge in [-0.2, -0.15) is 0 Å². The number of carbonyl (C=O) groups is 4. The summed E-state index contributed by atoms with van der Waals surface area (Å²) < 4.78 is 38.3. The van der Waals surface area contributed by atoms with E-state index in [1.165, 1.54) is 41.9 Å². The van der Waals surface area contributed by atoms with Crippen LogP contribution in [0.25, 0.3) is 0 Å². The van der Waals surface area contributed by atoms with Gasteiger partial charge in [-0.3, -0.25) is 0 Å². The van der Waals surface area contributed by atoms with Crippen LogP contribution in [0, 0.1) is 0 Å². The normalized spacial score (nSPS) is 11.7. The molecule has 16 heteroatoms. The maximum Gasteiger partial charge on any atom is 0.508 e. The van der Waals surface area contributed by atoms with Gasteiger partial charge in [0.15, 0.2) is 11.2 Å². The molecule has 0 heterocycles. The van der Waals surface area contributed by atoms with Crippen LogP contribution in [0.3, 0.4) is 0 Å². The summed E-state index contributed by atoms with van der Waals surface area (Å²) in [7, 11) is 2.40. The summed E-state index contributed by atoms with van der Waals surface area (Å²) in [5, 5.41) is 17.1. The van der Waals surface area contributed by atoms with Gasteiger partial charge in [0.25, 0.3) is 0 Å². The van der Waals surface area contributed by atoms with Crippen molar-refractivity contribution >= 4 is 24.2 Å². The quantitative estimate of drug-likeness (QED) is 0.195. The van der Waals surface area contributed by atoms with Gasteiger partial charge < -0.3 is 48.1 Å². The van der Waals surface area contributed by atoms with Crippen molar-refractivity contribution in [3.8, 4) is 0 Å². The number of methoxy groups -OCH3 is 2. The van der Waals surface area contributed by atoms with Gasteiger partial charge in [0.1, 0.15) is 26.4 Å². The minimum absolute atomic E-state index is 0. The molecule has 2 radical (unpaired) electrons. The van der Waals surface area contributed by atoms with Gasteiger partial charge in [0.05, 0.1) is 39.6 Å². The van der Waals surface area contributed by atoms with Crippen LogP contribution in [0.15, 0.2) is 0 Å². The number of rotatable bonds is 14. The van der Waals surface area contributed by atoms with Crippen molar-refractivity contribution in [1.82, 2.24) is 0 Å². The minimum atomic E-state index is -1.19. The molecule has 2 N–H and O–H groups in total. The van der Waals surface area contributed by atoms with Crippen LogP contribution < -0.4 is 0 Å². The fourth-order valence-electron chi connectivity index (χ4n) is 2.28. The zero-order valence-corrected chi connectivity index (χ0v) is 29.0. The molecule has 0 aliphatic rings. The molecule has 0 aromatic carbocycles.